The van der Waals surface area contributed by atoms with Crippen molar-refractivity contribution in [2.45, 2.75) is 39.3 Å². The average molecular weight is 381 g/mol. The highest BCUT2D eigenvalue weighted by Gasteiger charge is 2.11. The van der Waals surface area contributed by atoms with E-state index in [9.17, 15) is 4.79 Å². The first-order chi connectivity index (χ1) is 13.6. The number of hydrogen-bond donors (Lipinski definition) is 2. The van der Waals surface area contributed by atoms with Crippen LogP contribution in [0.1, 0.15) is 47.8 Å². The predicted molar refractivity (Wildman–Crippen MR) is 110 cm³/mol. The van der Waals surface area contributed by atoms with Gasteiger partial charge in [-0.15, -0.1) is 0 Å². The summed E-state index contributed by atoms with van der Waals surface area (Å²) in [4.78, 5) is 16.6. The molecule has 1 amide bonds. The largest absolute Gasteiger partial charge is 0.481 e. The summed E-state index contributed by atoms with van der Waals surface area (Å²) in [7, 11) is 1.58. The van der Waals surface area contributed by atoms with Gasteiger partial charge in [0.25, 0.3) is 5.91 Å². The number of nitrogens with two attached hydrogens (primary N) is 1. The minimum atomic E-state index is -0.276. The van der Waals surface area contributed by atoms with Gasteiger partial charge >= 0.3 is 0 Å². The second-order valence-corrected chi connectivity index (χ2v) is 6.24. The fraction of sp³-hybridized carbons (Fsp3) is 0.364. The van der Waals surface area contributed by atoms with Crippen molar-refractivity contribution in [2.24, 2.45) is 0 Å². The van der Waals surface area contributed by atoms with Gasteiger partial charge in [-0.25, -0.2) is 4.98 Å². The van der Waals surface area contributed by atoms with Crippen LogP contribution < -0.4 is 15.8 Å². The molecule has 0 aliphatic heterocycles. The summed E-state index contributed by atoms with van der Waals surface area (Å²) < 4.78 is 10.7. The van der Waals surface area contributed by atoms with Crippen molar-refractivity contribution in [1.29, 1.82) is 0 Å². The molecule has 0 fully saturated rings. The Balaban J connectivity index is 1.88. The fourth-order valence-corrected chi connectivity index (χ4v) is 2.48. The summed E-state index contributed by atoms with van der Waals surface area (Å²) in [6.07, 6.45) is 3.15. The second kappa shape index (κ2) is 11.6. The van der Waals surface area contributed by atoms with Crippen LogP contribution in [0.2, 0.25) is 0 Å². The Hall–Kier alpha value is -3.04. The van der Waals surface area contributed by atoms with E-state index in [1.165, 1.54) is 0 Å². The summed E-state index contributed by atoms with van der Waals surface area (Å²) in [6, 6.07) is 10.9. The number of methoxy groups -OCH3 is 1. The van der Waals surface area contributed by atoms with Crippen LogP contribution in [0.15, 0.2) is 36.4 Å². The Kier molecular flexibility index (Phi) is 8.83. The monoisotopic (exact) mass is 381 g/mol. The van der Waals surface area contributed by atoms with E-state index in [1.807, 2.05) is 24.3 Å². The molecule has 6 heteroatoms. The van der Waals surface area contributed by atoms with Crippen molar-refractivity contribution < 1.29 is 14.3 Å². The molecule has 1 aromatic carbocycles. The van der Waals surface area contributed by atoms with Gasteiger partial charge in [0, 0.05) is 20.1 Å². The molecule has 1 heterocycles. The number of nitrogens with one attached hydrogen (secondary N) is 1. The normalized spacial score (nSPS) is 10.1. The lowest BCUT2D eigenvalue weighted by molar-refractivity contribution is 0.0951. The summed E-state index contributed by atoms with van der Waals surface area (Å²) >= 11 is 0. The number of unbranched alkanes of at least 4 members (excludes halogenated alkanes) is 2. The van der Waals surface area contributed by atoms with E-state index in [0.29, 0.717) is 31.0 Å². The van der Waals surface area contributed by atoms with Crippen LogP contribution in [-0.4, -0.2) is 24.6 Å². The molecule has 0 aliphatic rings. The Morgan fingerprint density at radius 3 is 2.86 bits per heavy atom. The molecule has 148 valence electrons. The average Bonchev–Trinajstić information content (AvgIpc) is 2.69. The number of nitrogen functional groups attached to an aromatic ring is 1. The highest BCUT2D eigenvalue weighted by atomic mass is 16.5. The first-order valence-electron chi connectivity index (χ1n) is 9.34. The number of aromatic nitrogens is 1. The molecule has 0 unspecified atom stereocenters. The number of benzene rings is 1. The van der Waals surface area contributed by atoms with Gasteiger partial charge in [0.05, 0.1) is 17.9 Å². The number of amides is 1. The molecule has 0 radical (unpaired) electrons. The molecule has 6 nitrogen and oxygen atoms in total. The van der Waals surface area contributed by atoms with E-state index in [2.05, 4.69) is 29.1 Å². The predicted octanol–water partition coefficient (Wildman–Crippen LogP) is 3.31. The second-order valence-electron chi connectivity index (χ2n) is 6.24. The zero-order valence-electron chi connectivity index (χ0n) is 16.5. The topological polar surface area (TPSA) is 86.5 Å². The van der Waals surface area contributed by atoms with Crippen molar-refractivity contribution in [2.75, 3.05) is 19.5 Å². The Bertz CT molecular complexity index is 840. The molecule has 0 spiro atoms. The number of ether oxygens (including phenoxy) is 2. The third-order valence-electron chi connectivity index (χ3n) is 3.96. The number of nitrogens with zero attached hydrogens (tertiary/aromatic N) is 1. The first-order valence-corrected chi connectivity index (χ1v) is 9.34. The number of rotatable bonds is 9. The lowest BCUT2D eigenvalue weighted by Gasteiger charge is -2.09. The zero-order chi connectivity index (χ0) is 20.2. The standard InChI is InChI=1S/C22H27N3O3/c1-3-4-5-6-7-13-28-19-10-8-9-17(14-19)15-24-22(26)20-12-11-18(16-27-2)25-21(20)23/h8-12,14H,3-5,13,15-16H2,1-2H3,(H2,23,25)(H,24,26). The molecule has 2 aromatic rings. The number of hydrogen-bond acceptors (Lipinski definition) is 5. The lowest BCUT2D eigenvalue weighted by atomic mass is 10.2. The molecule has 0 atom stereocenters. The Morgan fingerprint density at radius 2 is 2.11 bits per heavy atom. The highest BCUT2D eigenvalue weighted by molar-refractivity contribution is 5.98. The van der Waals surface area contributed by atoms with E-state index >= 15 is 0 Å². The van der Waals surface area contributed by atoms with Gasteiger partial charge in [0.15, 0.2) is 0 Å². The van der Waals surface area contributed by atoms with Crippen LogP contribution in [0, 0.1) is 11.8 Å². The molecule has 28 heavy (non-hydrogen) atoms. The maximum atomic E-state index is 12.4. The van der Waals surface area contributed by atoms with Crippen molar-refractivity contribution >= 4 is 11.7 Å². The lowest BCUT2D eigenvalue weighted by Crippen LogP contribution is -2.24. The summed E-state index contributed by atoms with van der Waals surface area (Å²) in [5, 5.41) is 2.85. The molecule has 2 rings (SSSR count). The van der Waals surface area contributed by atoms with Crippen LogP contribution >= 0.6 is 0 Å². The third kappa shape index (κ3) is 6.93. The van der Waals surface area contributed by atoms with E-state index in [0.717, 1.165) is 30.6 Å². The van der Waals surface area contributed by atoms with Crippen molar-refractivity contribution in [3.63, 3.8) is 0 Å². The molecular formula is C22H27N3O3. The fourth-order valence-electron chi connectivity index (χ4n) is 2.48. The number of anilines is 1. The van der Waals surface area contributed by atoms with Crippen molar-refractivity contribution in [3.05, 3.63) is 53.2 Å². The zero-order valence-corrected chi connectivity index (χ0v) is 16.5. The van der Waals surface area contributed by atoms with Gasteiger partial charge in [-0.3, -0.25) is 4.79 Å². The van der Waals surface area contributed by atoms with Gasteiger partial charge in [0.1, 0.15) is 18.2 Å². The maximum Gasteiger partial charge on any atom is 0.255 e. The van der Waals surface area contributed by atoms with E-state index in [1.54, 1.807) is 19.2 Å². The summed E-state index contributed by atoms with van der Waals surface area (Å²) in [5.74, 6) is 6.73. The smallest absolute Gasteiger partial charge is 0.255 e. The Labute approximate surface area is 166 Å². The molecule has 0 saturated carbocycles. The van der Waals surface area contributed by atoms with Crippen LogP contribution in [0.25, 0.3) is 0 Å². The van der Waals surface area contributed by atoms with E-state index in [-0.39, 0.29) is 11.7 Å². The van der Waals surface area contributed by atoms with E-state index in [4.69, 9.17) is 15.2 Å². The van der Waals surface area contributed by atoms with Gasteiger partial charge in [-0.2, -0.15) is 0 Å². The minimum absolute atomic E-state index is 0.186. The van der Waals surface area contributed by atoms with Crippen molar-refractivity contribution in [3.8, 4) is 17.6 Å². The van der Waals surface area contributed by atoms with Gasteiger partial charge in [0.2, 0.25) is 0 Å². The Morgan fingerprint density at radius 1 is 1.25 bits per heavy atom. The molecule has 0 aliphatic carbocycles. The van der Waals surface area contributed by atoms with Crippen LogP contribution in [0.3, 0.4) is 0 Å². The minimum Gasteiger partial charge on any atom is -0.481 e. The van der Waals surface area contributed by atoms with Crippen LogP contribution in [-0.2, 0) is 17.9 Å². The molecular weight excluding hydrogens is 354 g/mol. The quantitative estimate of drug-likeness (QED) is 0.514. The van der Waals surface area contributed by atoms with Gasteiger partial charge < -0.3 is 20.5 Å². The summed E-state index contributed by atoms with van der Waals surface area (Å²) in [5.41, 5.74) is 7.83. The number of carbonyl (C=O) groups excluding carboxylic acids is 1. The molecule has 1 aromatic heterocycles. The molecule has 3 N–H and O–H groups in total. The van der Waals surface area contributed by atoms with Gasteiger partial charge in [-0.1, -0.05) is 37.3 Å². The summed E-state index contributed by atoms with van der Waals surface area (Å²) in [6.45, 7) is 3.21. The SMILES string of the molecule is CCCCC#CCOc1cccc(CNC(=O)c2ccc(COC)nc2N)c1. The van der Waals surface area contributed by atoms with Crippen LogP contribution in [0.4, 0.5) is 5.82 Å². The molecule has 0 bridgehead atoms. The number of pyridine rings is 1. The third-order valence-corrected chi connectivity index (χ3v) is 3.96. The highest BCUT2D eigenvalue weighted by Crippen LogP contribution is 2.14. The first kappa shape index (κ1) is 21.3. The number of carbonyl (C=O) groups is 1. The van der Waals surface area contributed by atoms with Crippen molar-refractivity contribution in [1.82, 2.24) is 10.3 Å². The maximum absolute atomic E-state index is 12.4. The molecule has 0 saturated heterocycles. The van der Waals surface area contributed by atoms with Gasteiger partial charge in [-0.05, 0) is 36.2 Å². The van der Waals surface area contributed by atoms with Crippen LogP contribution in [0.5, 0.6) is 5.75 Å². The van der Waals surface area contributed by atoms with E-state index < -0.39 is 0 Å².